The van der Waals surface area contributed by atoms with Crippen molar-refractivity contribution in [2.24, 2.45) is 5.92 Å². The fourth-order valence-electron chi connectivity index (χ4n) is 1.97. The lowest BCUT2D eigenvalue weighted by atomic mass is 9.87. The Bertz CT molecular complexity index is 100. The Hall–Kier alpha value is -0.110. The molecule has 1 aliphatic carbocycles. The number of hydrogen-bond donors (Lipinski definition) is 1. The average Bonchev–Trinajstić information content (AvgIpc) is 2.14. The summed E-state index contributed by atoms with van der Waals surface area (Å²) in [5.74, 6) is 0.922. The van der Waals surface area contributed by atoms with E-state index >= 15 is 0 Å². The summed E-state index contributed by atoms with van der Waals surface area (Å²) in [6.45, 7) is 1.31. The van der Waals surface area contributed by atoms with Crippen molar-refractivity contribution >= 4 is 0 Å². The van der Waals surface area contributed by atoms with Gasteiger partial charge in [0.05, 0.1) is 0 Å². The maximum Gasteiger partial charge on any atom is 0.102 e. The van der Waals surface area contributed by atoms with Crippen LogP contribution in [0.4, 0.5) is 4.39 Å². The summed E-state index contributed by atoms with van der Waals surface area (Å²) in [6.07, 6.45) is 8.30. The maximum absolute atomic E-state index is 11.7. The first-order valence-corrected chi connectivity index (χ1v) is 5.20. The highest BCUT2D eigenvalue weighted by atomic mass is 19.1. The molecular weight excluding hydrogens is 153 g/mol. The molecule has 1 aliphatic rings. The van der Waals surface area contributed by atoms with Crippen LogP contribution in [0.15, 0.2) is 0 Å². The van der Waals surface area contributed by atoms with Gasteiger partial charge in [-0.15, -0.1) is 0 Å². The Morgan fingerprint density at radius 3 is 2.50 bits per heavy atom. The second-order valence-corrected chi connectivity index (χ2v) is 3.73. The Balaban J connectivity index is 1.91. The van der Waals surface area contributed by atoms with Gasteiger partial charge < -0.3 is 5.32 Å². The van der Waals surface area contributed by atoms with Crippen LogP contribution < -0.4 is 5.32 Å². The van der Waals surface area contributed by atoms with E-state index < -0.39 is 0 Å². The Morgan fingerprint density at radius 1 is 1.08 bits per heavy atom. The summed E-state index contributed by atoms with van der Waals surface area (Å²) < 4.78 is 11.7. The highest BCUT2D eigenvalue weighted by Crippen LogP contribution is 2.25. The standard InChI is InChI=1S/C10H20FN/c11-7-9-12-8-6-10-4-2-1-3-5-10/h10,12H,1-9H2. The molecule has 12 heavy (non-hydrogen) atoms. The molecule has 0 amide bonds. The molecule has 0 heterocycles. The number of nitrogens with one attached hydrogen (secondary N) is 1. The summed E-state index contributed by atoms with van der Waals surface area (Å²) in [5.41, 5.74) is 0. The molecule has 1 fully saturated rings. The van der Waals surface area contributed by atoms with E-state index in [4.69, 9.17) is 0 Å². The first-order chi connectivity index (χ1) is 5.93. The lowest BCUT2D eigenvalue weighted by Crippen LogP contribution is -2.21. The predicted molar refractivity (Wildman–Crippen MR) is 50.0 cm³/mol. The van der Waals surface area contributed by atoms with Gasteiger partial charge in [-0.1, -0.05) is 32.1 Å². The van der Waals surface area contributed by atoms with Crippen LogP contribution in [0, 0.1) is 5.92 Å². The minimum atomic E-state index is -0.231. The molecule has 0 aliphatic heterocycles. The zero-order chi connectivity index (χ0) is 8.65. The first kappa shape index (κ1) is 9.97. The second kappa shape index (κ2) is 6.41. The molecule has 1 N–H and O–H groups in total. The second-order valence-electron chi connectivity index (χ2n) is 3.73. The highest BCUT2D eigenvalue weighted by molar-refractivity contribution is 4.66. The SMILES string of the molecule is FCCNCCC1CCCCC1. The van der Waals surface area contributed by atoms with Gasteiger partial charge >= 0.3 is 0 Å². The van der Waals surface area contributed by atoms with Crippen molar-refractivity contribution in [1.82, 2.24) is 5.32 Å². The van der Waals surface area contributed by atoms with Gasteiger partial charge in [0.1, 0.15) is 6.67 Å². The third kappa shape index (κ3) is 4.05. The van der Waals surface area contributed by atoms with Crippen LogP contribution in [0.3, 0.4) is 0 Å². The molecule has 0 saturated heterocycles. The van der Waals surface area contributed by atoms with Crippen LogP contribution in [-0.2, 0) is 0 Å². The van der Waals surface area contributed by atoms with Crippen molar-refractivity contribution < 1.29 is 4.39 Å². The van der Waals surface area contributed by atoms with Crippen molar-refractivity contribution in [2.75, 3.05) is 19.8 Å². The van der Waals surface area contributed by atoms with Crippen molar-refractivity contribution in [3.8, 4) is 0 Å². The van der Waals surface area contributed by atoms with Gasteiger partial charge in [0, 0.05) is 6.54 Å². The van der Waals surface area contributed by atoms with E-state index in [-0.39, 0.29) is 6.67 Å². The summed E-state index contributed by atoms with van der Waals surface area (Å²) in [4.78, 5) is 0. The molecule has 0 unspecified atom stereocenters. The average molecular weight is 173 g/mol. The first-order valence-electron chi connectivity index (χ1n) is 5.20. The largest absolute Gasteiger partial charge is 0.314 e. The molecule has 2 heteroatoms. The molecule has 0 aromatic carbocycles. The summed E-state index contributed by atoms with van der Waals surface area (Å²) >= 11 is 0. The van der Waals surface area contributed by atoms with Crippen LogP contribution in [-0.4, -0.2) is 19.8 Å². The zero-order valence-electron chi connectivity index (χ0n) is 7.82. The lowest BCUT2D eigenvalue weighted by Gasteiger charge is -2.21. The van der Waals surface area contributed by atoms with Gasteiger partial charge in [-0.05, 0) is 18.9 Å². The summed E-state index contributed by atoms with van der Waals surface area (Å²) in [6, 6.07) is 0. The normalized spacial score (nSPS) is 19.8. The third-order valence-electron chi connectivity index (χ3n) is 2.73. The van der Waals surface area contributed by atoms with E-state index in [1.54, 1.807) is 0 Å². The van der Waals surface area contributed by atoms with Crippen LogP contribution in [0.2, 0.25) is 0 Å². The Morgan fingerprint density at radius 2 is 1.83 bits per heavy atom. The van der Waals surface area contributed by atoms with E-state index in [1.807, 2.05) is 0 Å². The Labute approximate surface area is 74.7 Å². The fraction of sp³-hybridized carbons (Fsp3) is 1.00. The quantitative estimate of drug-likeness (QED) is 0.630. The number of rotatable bonds is 5. The molecule has 0 radical (unpaired) electrons. The number of alkyl halides is 1. The highest BCUT2D eigenvalue weighted by Gasteiger charge is 2.11. The minimum Gasteiger partial charge on any atom is -0.314 e. The molecule has 1 rings (SSSR count). The molecule has 1 saturated carbocycles. The molecule has 0 spiro atoms. The summed E-state index contributed by atoms with van der Waals surface area (Å²) in [7, 11) is 0. The number of hydrogen-bond acceptors (Lipinski definition) is 1. The van der Waals surface area contributed by atoms with Crippen molar-refractivity contribution in [2.45, 2.75) is 38.5 Å². The van der Waals surface area contributed by atoms with E-state index in [0.717, 1.165) is 12.5 Å². The van der Waals surface area contributed by atoms with Crippen LogP contribution in [0.25, 0.3) is 0 Å². The Kier molecular flexibility index (Phi) is 5.33. The van der Waals surface area contributed by atoms with Gasteiger partial charge in [0.25, 0.3) is 0 Å². The third-order valence-corrected chi connectivity index (χ3v) is 2.73. The van der Waals surface area contributed by atoms with Gasteiger partial charge in [-0.25, -0.2) is 4.39 Å². The monoisotopic (exact) mass is 173 g/mol. The predicted octanol–water partition coefficient (Wildman–Crippen LogP) is 2.52. The minimum absolute atomic E-state index is 0.231. The molecule has 0 atom stereocenters. The molecule has 72 valence electrons. The van der Waals surface area contributed by atoms with E-state index in [9.17, 15) is 4.39 Å². The number of halogens is 1. The topological polar surface area (TPSA) is 12.0 Å². The molecule has 0 bridgehead atoms. The summed E-state index contributed by atoms with van der Waals surface area (Å²) in [5, 5.41) is 3.11. The lowest BCUT2D eigenvalue weighted by molar-refractivity contribution is 0.331. The fourth-order valence-corrected chi connectivity index (χ4v) is 1.97. The van der Waals surface area contributed by atoms with E-state index in [0.29, 0.717) is 6.54 Å². The smallest absolute Gasteiger partial charge is 0.102 e. The van der Waals surface area contributed by atoms with Crippen molar-refractivity contribution in [1.29, 1.82) is 0 Å². The molecule has 0 aromatic rings. The van der Waals surface area contributed by atoms with Crippen molar-refractivity contribution in [3.63, 3.8) is 0 Å². The molecule has 1 nitrogen and oxygen atoms in total. The molecule has 0 aromatic heterocycles. The van der Waals surface area contributed by atoms with Gasteiger partial charge in [-0.2, -0.15) is 0 Å². The zero-order valence-corrected chi connectivity index (χ0v) is 7.82. The van der Waals surface area contributed by atoms with Gasteiger partial charge in [-0.3, -0.25) is 0 Å². The van der Waals surface area contributed by atoms with Gasteiger partial charge in [0.15, 0.2) is 0 Å². The van der Waals surface area contributed by atoms with Gasteiger partial charge in [0.2, 0.25) is 0 Å². The van der Waals surface area contributed by atoms with Crippen LogP contribution in [0.1, 0.15) is 38.5 Å². The maximum atomic E-state index is 11.7. The molecular formula is C10H20FN. The van der Waals surface area contributed by atoms with E-state index in [2.05, 4.69) is 5.32 Å². The van der Waals surface area contributed by atoms with Crippen LogP contribution in [0.5, 0.6) is 0 Å². The van der Waals surface area contributed by atoms with Crippen LogP contribution >= 0.6 is 0 Å². The van der Waals surface area contributed by atoms with E-state index in [1.165, 1.54) is 38.5 Å². The van der Waals surface area contributed by atoms with Crippen molar-refractivity contribution in [3.05, 3.63) is 0 Å².